The van der Waals surface area contributed by atoms with Crippen LogP contribution < -0.4 is 0 Å². The van der Waals surface area contributed by atoms with Crippen LogP contribution in [-0.2, 0) is 0 Å². The Morgan fingerprint density at radius 2 is 2.07 bits per heavy atom. The smallest absolute Gasteiger partial charge is 0.230 e. The lowest BCUT2D eigenvalue weighted by atomic mass is 10.0. The third-order valence-electron chi connectivity index (χ3n) is 4.20. The molecule has 0 atom stereocenters. The van der Waals surface area contributed by atoms with Crippen LogP contribution in [-0.4, -0.2) is 19.7 Å². The van der Waals surface area contributed by atoms with Crippen LogP contribution in [0.5, 0.6) is 0 Å². The number of nitriles is 1. The van der Waals surface area contributed by atoms with E-state index in [0.717, 1.165) is 20.9 Å². The molecule has 0 unspecified atom stereocenters. The van der Waals surface area contributed by atoms with Gasteiger partial charge in [0.25, 0.3) is 0 Å². The molecule has 2 heterocycles. The van der Waals surface area contributed by atoms with E-state index >= 15 is 0 Å². The van der Waals surface area contributed by atoms with Gasteiger partial charge < -0.3 is 4.98 Å². The van der Waals surface area contributed by atoms with Crippen LogP contribution in [0.3, 0.4) is 0 Å². The highest BCUT2D eigenvalue weighted by molar-refractivity contribution is 14.2. The number of imidazole rings is 1. The van der Waals surface area contributed by atoms with Gasteiger partial charge in [0.1, 0.15) is 0 Å². The van der Waals surface area contributed by atoms with Gasteiger partial charge >= 0.3 is 0 Å². The standard InChI is InChI=1S/C18H10BrIN4OS.C2H6/c1-9-6-12(19)15(11-4-5-24(26-20)16(9)11)17(25)18-22-13-3-2-10(8-21)7-14(13)23-18;1-2/h2-7H,1H3,(H,22,23);1-2H3. The van der Waals surface area contributed by atoms with Crippen LogP contribution in [0, 0.1) is 18.3 Å². The fraction of sp³-hybridized carbons (Fsp3) is 0.150. The molecular formula is C20H16BrIN4OS. The van der Waals surface area contributed by atoms with E-state index in [0.29, 0.717) is 22.2 Å². The molecular weight excluding hydrogens is 551 g/mol. The Labute approximate surface area is 187 Å². The molecule has 4 aromatic rings. The molecule has 0 saturated heterocycles. The summed E-state index contributed by atoms with van der Waals surface area (Å²) in [5.41, 5.74) is 4.53. The minimum atomic E-state index is -0.187. The van der Waals surface area contributed by atoms with Gasteiger partial charge in [-0.3, -0.25) is 8.77 Å². The van der Waals surface area contributed by atoms with Gasteiger partial charge in [0.15, 0.2) is 5.82 Å². The average Bonchev–Trinajstić information content (AvgIpc) is 3.32. The molecule has 0 aliphatic carbocycles. The van der Waals surface area contributed by atoms with Crippen LogP contribution in [0.4, 0.5) is 0 Å². The third kappa shape index (κ3) is 3.58. The quantitative estimate of drug-likeness (QED) is 0.225. The van der Waals surface area contributed by atoms with E-state index in [9.17, 15) is 4.79 Å². The summed E-state index contributed by atoms with van der Waals surface area (Å²) in [5.74, 6) is 0.0728. The summed E-state index contributed by atoms with van der Waals surface area (Å²) >= 11 is 5.76. The number of aryl methyl sites for hydroxylation is 1. The summed E-state index contributed by atoms with van der Waals surface area (Å²) in [6, 6.07) is 11.1. The van der Waals surface area contributed by atoms with Crippen molar-refractivity contribution >= 4 is 74.0 Å². The van der Waals surface area contributed by atoms with E-state index in [-0.39, 0.29) is 11.6 Å². The van der Waals surface area contributed by atoms with Crippen molar-refractivity contribution in [2.24, 2.45) is 0 Å². The normalized spacial score (nSPS) is 10.6. The second kappa shape index (κ2) is 8.68. The molecule has 0 aliphatic heterocycles. The highest BCUT2D eigenvalue weighted by Crippen LogP contribution is 2.35. The minimum Gasteiger partial charge on any atom is -0.335 e. The molecule has 0 amide bonds. The zero-order valence-corrected chi connectivity index (χ0v) is 19.9. The van der Waals surface area contributed by atoms with Gasteiger partial charge in [0, 0.05) is 51.9 Å². The molecule has 2 aromatic heterocycles. The number of carbonyl (C=O) groups excluding carboxylic acids is 1. The van der Waals surface area contributed by atoms with Gasteiger partial charge in [-0.1, -0.05) is 13.8 Å². The lowest BCUT2D eigenvalue weighted by Crippen LogP contribution is -2.06. The number of aromatic amines is 1. The molecule has 0 radical (unpaired) electrons. The van der Waals surface area contributed by atoms with E-state index in [1.807, 2.05) is 43.1 Å². The number of H-pyrrole nitrogens is 1. The predicted octanol–water partition coefficient (Wildman–Crippen LogP) is 6.56. The number of fused-ring (bicyclic) bond motifs is 2. The fourth-order valence-electron chi connectivity index (χ4n) is 3.06. The minimum absolute atomic E-state index is 0.187. The lowest BCUT2D eigenvalue weighted by Gasteiger charge is -2.08. The summed E-state index contributed by atoms with van der Waals surface area (Å²) in [6.07, 6.45) is 1.95. The van der Waals surface area contributed by atoms with Crippen LogP contribution in [0.15, 0.2) is 41.0 Å². The SMILES string of the molecule is CC.Cc1cc(Br)c(C(=O)c2nc3ccc(C#N)cc3[nH]2)c2ccn(SI)c12. The van der Waals surface area contributed by atoms with Crippen molar-refractivity contribution in [1.82, 2.24) is 13.9 Å². The Kier molecular flexibility index (Phi) is 6.47. The topological polar surface area (TPSA) is 74.5 Å². The van der Waals surface area contributed by atoms with Crippen LogP contribution >= 0.6 is 46.3 Å². The molecule has 0 spiro atoms. The zero-order chi connectivity index (χ0) is 20.4. The number of hydrogen-bond donors (Lipinski definition) is 1. The van der Waals surface area contributed by atoms with E-state index in [2.05, 4.69) is 53.2 Å². The van der Waals surface area contributed by atoms with Crippen molar-refractivity contribution in [1.29, 1.82) is 5.26 Å². The molecule has 1 N–H and O–H groups in total. The second-order valence-electron chi connectivity index (χ2n) is 5.78. The van der Waals surface area contributed by atoms with E-state index in [1.54, 1.807) is 27.3 Å². The Hall–Kier alpha value is -1.83. The van der Waals surface area contributed by atoms with Crippen molar-refractivity contribution in [3.8, 4) is 6.07 Å². The summed E-state index contributed by atoms with van der Waals surface area (Å²) in [5, 5.41) is 9.91. The number of aromatic nitrogens is 3. The first-order valence-corrected chi connectivity index (χ1v) is 12.7. The number of hydrogen-bond acceptors (Lipinski definition) is 4. The van der Waals surface area contributed by atoms with E-state index in [4.69, 9.17) is 5.26 Å². The van der Waals surface area contributed by atoms with Gasteiger partial charge in [-0.25, -0.2) is 4.98 Å². The first-order chi connectivity index (χ1) is 13.5. The van der Waals surface area contributed by atoms with Crippen molar-refractivity contribution in [3.63, 3.8) is 0 Å². The van der Waals surface area contributed by atoms with E-state index in [1.165, 1.54) is 0 Å². The van der Waals surface area contributed by atoms with Crippen LogP contribution in [0.2, 0.25) is 0 Å². The van der Waals surface area contributed by atoms with Gasteiger partial charge in [0.2, 0.25) is 5.78 Å². The molecule has 0 saturated carbocycles. The number of carbonyl (C=O) groups is 1. The number of rotatable bonds is 3. The number of ketones is 1. The summed E-state index contributed by atoms with van der Waals surface area (Å²) in [4.78, 5) is 20.7. The summed E-state index contributed by atoms with van der Waals surface area (Å²) < 4.78 is 2.77. The van der Waals surface area contributed by atoms with Crippen LogP contribution in [0.1, 0.15) is 41.2 Å². The number of nitrogens with one attached hydrogen (secondary N) is 1. The largest absolute Gasteiger partial charge is 0.335 e. The summed E-state index contributed by atoms with van der Waals surface area (Å²) in [7, 11) is 1.56. The number of halogens is 2. The molecule has 28 heavy (non-hydrogen) atoms. The Morgan fingerprint density at radius 1 is 1.32 bits per heavy atom. The van der Waals surface area contributed by atoms with Gasteiger partial charge in [-0.2, -0.15) is 5.26 Å². The van der Waals surface area contributed by atoms with E-state index < -0.39 is 0 Å². The third-order valence-corrected chi connectivity index (χ3v) is 6.56. The Bertz CT molecular complexity index is 1240. The number of benzene rings is 2. The molecule has 0 bridgehead atoms. The second-order valence-corrected chi connectivity index (χ2v) is 8.35. The van der Waals surface area contributed by atoms with Crippen molar-refractivity contribution < 1.29 is 4.79 Å². The van der Waals surface area contributed by atoms with Crippen molar-refractivity contribution in [2.75, 3.05) is 0 Å². The van der Waals surface area contributed by atoms with Gasteiger partial charge in [0.05, 0.1) is 28.2 Å². The molecule has 4 rings (SSSR count). The van der Waals surface area contributed by atoms with Crippen molar-refractivity contribution in [3.05, 3.63) is 63.5 Å². The average molecular weight is 567 g/mol. The molecule has 5 nitrogen and oxygen atoms in total. The predicted molar refractivity (Wildman–Crippen MR) is 127 cm³/mol. The van der Waals surface area contributed by atoms with Gasteiger partial charge in [-0.15, -0.1) is 0 Å². The molecule has 142 valence electrons. The maximum Gasteiger partial charge on any atom is 0.230 e. The van der Waals surface area contributed by atoms with Crippen LogP contribution in [0.25, 0.3) is 21.9 Å². The Balaban J connectivity index is 0.00000109. The van der Waals surface area contributed by atoms with Crippen molar-refractivity contribution in [2.45, 2.75) is 20.8 Å². The summed E-state index contributed by atoms with van der Waals surface area (Å²) in [6.45, 7) is 6.02. The molecule has 2 aromatic carbocycles. The maximum absolute atomic E-state index is 13.2. The number of nitrogens with zero attached hydrogens (tertiary/aromatic N) is 3. The fourth-order valence-corrected chi connectivity index (χ4v) is 5.20. The maximum atomic E-state index is 13.2. The monoisotopic (exact) mass is 566 g/mol. The first-order valence-electron chi connectivity index (χ1n) is 8.57. The zero-order valence-electron chi connectivity index (χ0n) is 15.4. The lowest BCUT2D eigenvalue weighted by molar-refractivity contribution is 0.103. The van der Waals surface area contributed by atoms with Gasteiger partial charge in [-0.05, 0) is 58.7 Å². The highest BCUT2D eigenvalue weighted by atomic mass is 127. The Morgan fingerprint density at radius 3 is 2.75 bits per heavy atom. The first kappa shape index (κ1) is 20.9. The molecule has 8 heteroatoms. The highest BCUT2D eigenvalue weighted by Gasteiger charge is 2.22. The molecule has 0 fully saturated rings. The molecule has 0 aliphatic rings.